The first-order chi connectivity index (χ1) is 12.7. The summed E-state index contributed by atoms with van der Waals surface area (Å²) in [6.07, 6.45) is 0. The van der Waals surface area contributed by atoms with E-state index in [0.717, 1.165) is 18.7 Å². The topological polar surface area (TPSA) is 49.3 Å². The van der Waals surface area contributed by atoms with E-state index in [0.29, 0.717) is 23.7 Å². The Labute approximate surface area is 157 Å². The van der Waals surface area contributed by atoms with Gasteiger partial charge in [-0.1, -0.05) is 52.5 Å². The summed E-state index contributed by atoms with van der Waals surface area (Å²) in [6, 6.07) is 18.4. The molecule has 2 heterocycles. The van der Waals surface area contributed by atoms with Gasteiger partial charge >= 0.3 is 0 Å². The zero-order valence-corrected chi connectivity index (χ0v) is 15.4. The van der Waals surface area contributed by atoms with Gasteiger partial charge in [0.15, 0.2) is 0 Å². The molecule has 4 rings (SSSR count). The number of benzene rings is 2. The lowest BCUT2D eigenvalue weighted by Gasteiger charge is -2.36. The second kappa shape index (κ2) is 7.25. The summed E-state index contributed by atoms with van der Waals surface area (Å²) in [5.41, 5.74) is 4.02. The molecule has 0 spiro atoms. The van der Waals surface area contributed by atoms with Gasteiger partial charge in [-0.2, -0.15) is 0 Å². The van der Waals surface area contributed by atoms with Crippen LogP contribution in [0, 0.1) is 6.92 Å². The number of hydrogen-bond acceptors (Lipinski definition) is 5. The van der Waals surface area contributed by atoms with E-state index in [-0.39, 0.29) is 5.91 Å². The molecule has 26 heavy (non-hydrogen) atoms. The zero-order chi connectivity index (χ0) is 17.9. The highest BCUT2D eigenvalue weighted by Crippen LogP contribution is 2.26. The third-order valence-electron chi connectivity index (χ3n) is 4.70. The standard InChI is InChI=1S/C20H20N4OS/c1-15-7-9-16(10-8-15)18-19(26-22-21-18)20(25)24-13-11-23(12-14-24)17-5-3-2-4-6-17/h2-10H,11-14H2,1H3. The van der Waals surface area contributed by atoms with Gasteiger partial charge in [0.25, 0.3) is 5.91 Å². The molecule has 2 aromatic carbocycles. The fraction of sp³-hybridized carbons (Fsp3) is 0.250. The molecule has 0 bridgehead atoms. The normalized spacial score (nSPS) is 14.5. The monoisotopic (exact) mass is 364 g/mol. The molecule has 1 aliphatic rings. The van der Waals surface area contributed by atoms with Gasteiger partial charge in [0.1, 0.15) is 10.6 Å². The van der Waals surface area contributed by atoms with Crippen molar-refractivity contribution in [2.75, 3.05) is 31.1 Å². The molecule has 0 aliphatic carbocycles. The van der Waals surface area contributed by atoms with Gasteiger partial charge in [-0.05, 0) is 30.6 Å². The predicted octanol–water partition coefficient (Wildman–Crippen LogP) is 3.48. The first kappa shape index (κ1) is 16.7. The highest BCUT2D eigenvalue weighted by atomic mass is 32.1. The molecule has 0 radical (unpaired) electrons. The van der Waals surface area contributed by atoms with Gasteiger partial charge < -0.3 is 9.80 Å². The van der Waals surface area contributed by atoms with E-state index in [1.807, 2.05) is 54.3 Å². The van der Waals surface area contributed by atoms with Crippen molar-refractivity contribution in [3.63, 3.8) is 0 Å². The fourth-order valence-corrected chi connectivity index (χ4v) is 3.84. The van der Waals surface area contributed by atoms with Crippen molar-refractivity contribution < 1.29 is 4.79 Å². The number of carbonyl (C=O) groups excluding carboxylic acids is 1. The molecular weight excluding hydrogens is 344 g/mol. The van der Waals surface area contributed by atoms with E-state index >= 15 is 0 Å². The van der Waals surface area contributed by atoms with Crippen molar-refractivity contribution in [2.45, 2.75) is 6.92 Å². The molecule has 1 aliphatic heterocycles. The van der Waals surface area contributed by atoms with Crippen molar-refractivity contribution in [3.8, 4) is 11.3 Å². The number of aryl methyl sites for hydroxylation is 1. The molecule has 1 saturated heterocycles. The van der Waals surface area contributed by atoms with E-state index in [1.165, 1.54) is 22.8 Å². The Bertz CT molecular complexity index is 884. The summed E-state index contributed by atoms with van der Waals surface area (Å²) in [7, 11) is 0. The van der Waals surface area contributed by atoms with Crippen LogP contribution in [0.2, 0.25) is 0 Å². The molecule has 0 N–H and O–H groups in total. The summed E-state index contributed by atoms with van der Waals surface area (Å²) in [6.45, 7) is 5.13. The van der Waals surface area contributed by atoms with Gasteiger partial charge in [0.05, 0.1) is 0 Å². The van der Waals surface area contributed by atoms with E-state index in [2.05, 4.69) is 26.6 Å². The van der Waals surface area contributed by atoms with Gasteiger partial charge in [0, 0.05) is 37.4 Å². The van der Waals surface area contributed by atoms with Crippen LogP contribution in [-0.2, 0) is 0 Å². The number of piperazine rings is 1. The Morgan fingerprint density at radius 2 is 1.65 bits per heavy atom. The van der Waals surface area contributed by atoms with E-state index < -0.39 is 0 Å². The van der Waals surface area contributed by atoms with Gasteiger partial charge in [-0.3, -0.25) is 4.79 Å². The zero-order valence-electron chi connectivity index (χ0n) is 14.6. The number of nitrogens with zero attached hydrogens (tertiary/aromatic N) is 4. The lowest BCUT2D eigenvalue weighted by molar-refractivity contribution is 0.0752. The van der Waals surface area contributed by atoms with Crippen LogP contribution < -0.4 is 4.90 Å². The molecule has 0 saturated carbocycles. The van der Waals surface area contributed by atoms with Crippen molar-refractivity contribution in [2.24, 2.45) is 0 Å². The van der Waals surface area contributed by atoms with Crippen LogP contribution in [-0.4, -0.2) is 46.6 Å². The molecular formula is C20H20N4OS. The number of hydrogen-bond donors (Lipinski definition) is 0. The molecule has 6 heteroatoms. The first-order valence-corrected chi connectivity index (χ1v) is 9.48. The number of anilines is 1. The minimum atomic E-state index is 0.0308. The predicted molar refractivity (Wildman–Crippen MR) is 105 cm³/mol. The summed E-state index contributed by atoms with van der Waals surface area (Å²) in [5, 5.41) is 4.21. The number of carbonyl (C=O) groups is 1. The molecule has 1 aromatic heterocycles. The lowest BCUT2D eigenvalue weighted by atomic mass is 10.1. The first-order valence-electron chi connectivity index (χ1n) is 8.71. The summed E-state index contributed by atoms with van der Waals surface area (Å²) in [5.74, 6) is 0.0308. The van der Waals surface area contributed by atoms with Crippen molar-refractivity contribution in [3.05, 3.63) is 65.0 Å². The Morgan fingerprint density at radius 3 is 2.35 bits per heavy atom. The van der Waals surface area contributed by atoms with Crippen LogP contribution >= 0.6 is 11.5 Å². The largest absolute Gasteiger partial charge is 0.368 e. The van der Waals surface area contributed by atoms with Crippen molar-refractivity contribution in [1.82, 2.24) is 14.5 Å². The van der Waals surface area contributed by atoms with Crippen LogP contribution in [0.3, 0.4) is 0 Å². The molecule has 1 amide bonds. The minimum absolute atomic E-state index is 0.0308. The van der Waals surface area contributed by atoms with Crippen LogP contribution in [0.15, 0.2) is 54.6 Å². The van der Waals surface area contributed by atoms with E-state index in [4.69, 9.17) is 0 Å². The average molecular weight is 364 g/mol. The maximum atomic E-state index is 13.0. The molecule has 132 valence electrons. The van der Waals surface area contributed by atoms with Crippen molar-refractivity contribution >= 4 is 23.1 Å². The van der Waals surface area contributed by atoms with Gasteiger partial charge in [-0.15, -0.1) is 5.10 Å². The summed E-state index contributed by atoms with van der Waals surface area (Å²) >= 11 is 1.18. The molecule has 0 atom stereocenters. The Kier molecular flexibility index (Phi) is 4.67. The lowest BCUT2D eigenvalue weighted by Crippen LogP contribution is -2.48. The van der Waals surface area contributed by atoms with Crippen LogP contribution in [0.1, 0.15) is 15.2 Å². The number of rotatable bonds is 3. The summed E-state index contributed by atoms with van der Waals surface area (Å²) < 4.78 is 4.03. The maximum absolute atomic E-state index is 13.0. The molecule has 5 nitrogen and oxygen atoms in total. The smallest absolute Gasteiger partial charge is 0.268 e. The van der Waals surface area contributed by atoms with E-state index in [9.17, 15) is 4.79 Å². The Morgan fingerprint density at radius 1 is 0.962 bits per heavy atom. The third-order valence-corrected chi connectivity index (χ3v) is 5.41. The maximum Gasteiger partial charge on any atom is 0.268 e. The molecule has 3 aromatic rings. The number of para-hydroxylation sites is 1. The SMILES string of the molecule is Cc1ccc(-c2nnsc2C(=O)N2CCN(c3ccccc3)CC2)cc1. The Hall–Kier alpha value is -2.73. The highest BCUT2D eigenvalue weighted by molar-refractivity contribution is 7.08. The van der Waals surface area contributed by atoms with Gasteiger partial charge in [0.2, 0.25) is 0 Å². The quantitative estimate of drug-likeness (QED) is 0.714. The molecule has 0 unspecified atom stereocenters. The minimum Gasteiger partial charge on any atom is -0.368 e. The van der Waals surface area contributed by atoms with Crippen LogP contribution in [0.25, 0.3) is 11.3 Å². The van der Waals surface area contributed by atoms with Crippen molar-refractivity contribution in [1.29, 1.82) is 0 Å². The van der Waals surface area contributed by atoms with Crippen LogP contribution in [0.4, 0.5) is 5.69 Å². The van der Waals surface area contributed by atoms with Gasteiger partial charge in [-0.25, -0.2) is 0 Å². The van der Waals surface area contributed by atoms with Crippen LogP contribution in [0.5, 0.6) is 0 Å². The Balaban J connectivity index is 1.48. The average Bonchev–Trinajstić information content (AvgIpc) is 3.19. The summed E-state index contributed by atoms with van der Waals surface area (Å²) in [4.78, 5) is 17.9. The second-order valence-corrected chi connectivity index (χ2v) is 7.19. The fourth-order valence-electron chi connectivity index (χ4n) is 3.18. The third kappa shape index (κ3) is 3.32. The number of aromatic nitrogens is 2. The number of amides is 1. The second-order valence-electron chi connectivity index (χ2n) is 6.43. The molecule has 1 fully saturated rings. The highest BCUT2D eigenvalue weighted by Gasteiger charge is 2.26. The van der Waals surface area contributed by atoms with E-state index in [1.54, 1.807) is 0 Å².